The van der Waals surface area contributed by atoms with Crippen LogP contribution in [0, 0.1) is 5.92 Å². The normalized spacial score (nSPS) is 18.3. The fraction of sp³-hybridized carbons (Fsp3) is 0.462. The van der Waals surface area contributed by atoms with Crippen LogP contribution in [0.3, 0.4) is 0 Å². The molecule has 2 rings (SSSR count). The van der Waals surface area contributed by atoms with E-state index in [0.717, 1.165) is 0 Å². The van der Waals surface area contributed by atoms with E-state index in [-0.39, 0.29) is 47.6 Å². The SMILES string of the molecule is Cl.N[C@@H](C[C@@H]1CCNC1=O)C(=O)OCc1cc(Cl)nc(Cl)c1. The molecule has 0 bridgehead atoms. The van der Waals surface area contributed by atoms with E-state index in [0.29, 0.717) is 18.5 Å². The van der Waals surface area contributed by atoms with Crippen molar-refractivity contribution in [3.63, 3.8) is 0 Å². The minimum atomic E-state index is -0.827. The van der Waals surface area contributed by atoms with E-state index in [9.17, 15) is 9.59 Å². The molecule has 1 amide bonds. The van der Waals surface area contributed by atoms with Crippen molar-refractivity contribution in [1.82, 2.24) is 10.3 Å². The van der Waals surface area contributed by atoms with Gasteiger partial charge in [0, 0.05) is 12.5 Å². The van der Waals surface area contributed by atoms with Crippen LogP contribution in [0.5, 0.6) is 0 Å². The minimum absolute atomic E-state index is 0. The number of pyridine rings is 1. The summed E-state index contributed by atoms with van der Waals surface area (Å²) >= 11 is 11.5. The molecule has 2 heterocycles. The molecule has 1 fully saturated rings. The van der Waals surface area contributed by atoms with E-state index in [4.69, 9.17) is 33.7 Å². The number of carbonyl (C=O) groups excluding carboxylic acids is 2. The van der Waals surface area contributed by atoms with Crippen molar-refractivity contribution >= 4 is 47.5 Å². The maximum atomic E-state index is 11.8. The number of nitrogens with zero attached hydrogens (tertiary/aromatic N) is 1. The number of hydrogen-bond donors (Lipinski definition) is 2. The molecule has 0 spiro atoms. The summed E-state index contributed by atoms with van der Waals surface area (Å²) in [6, 6.07) is 2.28. The van der Waals surface area contributed by atoms with Gasteiger partial charge < -0.3 is 15.8 Å². The molecule has 0 aromatic carbocycles. The first-order chi connectivity index (χ1) is 9.95. The first-order valence-corrected chi connectivity index (χ1v) is 7.23. The Morgan fingerprint density at radius 1 is 1.45 bits per heavy atom. The molecule has 1 saturated heterocycles. The third kappa shape index (κ3) is 5.28. The zero-order valence-corrected chi connectivity index (χ0v) is 13.9. The summed E-state index contributed by atoms with van der Waals surface area (Å²) in [4.78, 5) is 27.0. The lowest BCUT2D eigenvalue weighted by Crippen LogP contribution is -2.35. The maximum Gasteiger partial charge on any atom is 0.323 e. The second-order valence-corrected chi connectivity index (χ2v) is 5.62. The first kappa shape index (κ1) is 19.0. The standard InChI is InChI=1S/C13H15Cl2N3O3.ClH/c14-10-3-7(4-11(15)18-10)6-21-13(20)9(16)5-8-1-2-17-12(8)19;/h3-4,8-9H,1-2,5-6,16H2,(H,17,19);1H/t8-,9-;/m0./s1. The van der Waals surface area contributed by atoms with Crippen LogP contribution in [0.4, 0.5) is 0 Å². The zero-order valence-electron chi connectivity index (χ0n) is 11.6. The van der Waals surface area contributed by atoms with Crippen LogP contribution in [0.25, 0.3) is 0 Å². The number of carbonyl (C=O) groups is 2. The molecule has 1 aromatic heterocycles. The lowest BCUT2D eigenvalue weighted by molar-refractivity contribution is -0.147. The van der Waals surface area contributed by atoms with Crippen molar-refractivity contribution in [2.75, 3.05) is 6.54 Å². The van der Waals surface area contributed by atoms with Crippen molar-refractivity contribution in [3.05, 3.63) is 28.0 Å². The number of ether oxygens (including phenoxy) is 1. The minimum Gasteiger partial charge on any atom is -0.460 e. The lowest BCUT2D eigenvalue weighted by atomic mass is 9.99. The van der Waals surface area contributed by atoms with E-state index >= 15 is 0 Å². The quantitative estimate of drug-likeness (QED) is 0.609. The van der Waals surface area contributed by atoms with Gasteiger partial charge in [0.25, 0.3) is 0 Å². The van der Waals surface area contributed by atoms with Gasteiger partial charge in [0.05, 0.1) is 0 Å². The third-order valence-corrected chi connectivity index (χ3v) is 3.59. The first-order valence-electron chi connectivity index (χ1n) is 6.47. The van der Waals surface area contributed by atoms with Gasteiger partial charge >= 0.3 is 5.97 Å². The highest BCUT2D eigenvalue weighted by molar-refractivity contribution is 6.32. The Kier molecular flexibility index (Phi) is 7.35. The van der Waals surface area contributed by atoms with Gasteiger partial charge in [-0.1, -0.05) is 23.2 Å². The number of halogens is 3. The van der Waals surface area contributed by atoms with Gasteiger partial charge in [0.1, 0.15) is 23.0 Å². The van der Waals surface area contributed by atoms with Crippen molar-refractivity contribution in [2.24, 2.45) is 11.7 Å². The highest BCUT2D eigenvalue weighted by Gasteiger charge is 2.29. The molecule has 3 N–H and O–H groups in total. The van der Waals surface area contributed by atoms with Crippen LogP contribution in [0.2, 0.25) is 10.3 Å². The molecule has 9 heteroatoms. The van der Waals surface area contributed by atoms with Crippen LogP contribution >= 0.6 is 35.6 Å². The Bertz CT molecular complexity index is 536. The van der Waals surface area contributed by atoms with Crippen molar-refractivity contribution in [1.29, 1.82) is 0 Å². The van der Waals surface area contributed by atoms with E-state index in [2.05, 4.69) is 10.3 Å². The summed E-state index contributed by atoms with van der Waals surface area (Å²) in [5.41, 5.74) is 6.39. The number of hydrogen-bond acceptors (Lipinski definition) is 5. The Morgan fingerprint density at radius 3 is 2.64 bits per heavy atom. The van der Waals surface area contributed by atoms with Gasteiger partial charge in [-0.25, -0.2) is 4.98 Å². The molecule has 1 aliphatic heterocycles. The second-order valence-electron chi connectivity index (χ2n) is 4.85. The number of amides is 1. The molecule has 122 valence electrons. The Labute approximate surface area is 144 Å². The Morgan fingerprint density at radius 2 is 2.09 bits per heavy atom. The van der Waals surface area contributed by atoms with Gasteiger partial charge in [-0.3, -0.25) is 9.59 Å². The Hall–Kier alpha value is -1.08. The zero-order chi connectivity index (χ0) is 15.4. The molecular weight excluding hydrogens is 353 g/mol. The number of nitrogens with one attached hydrogen (secondary N) is 1. The van der Waals surface area contributed by atoms with Crippen LogP contribution in [0.1, 0.15) is 18.4 Å². The summed E-state index contributed by atoms with van der Waals surface area (Å²) in [6.07, 6.45) is 0.970. The topological polar surface area (TPSA) is 94.3 Å². The molecule has 1 aliphatic rings. The van der Waals surface area contributed by atoms with Crippen LogP contribution in [-0.4, -0.2) is 29.4 Å². The summed E-state index contributed by atoms with van der Waals surface area (Å²) in [6.45, 7) is 0.630. The van der Waals surface area contributed by atoms with E-state index in [1.807, 2.05) is 0 Å². The molecular formula is C13H16Cl3N3O3. The van der Waals surface area contributed by atoms with Crippen molar-refractivity contribution < 1.29 is 14.3 Å². The van der Waals surface area contributed by atoms with Gasteiger partial charge in [0.15, 0.2) is 0 Å². The molecule has 0 aliphatic carbocycles. The smallest absolute Gasteiger partial charge is 0.323 e. The highest BCUT2D eigenvalue weighted by Crippen LogP contribution is 2.17. The van der Waals surface area contributed by atoms with Gasteiger partial charge in [-0.15, -0.1) is 12.4 Å². The fourth-order valence-electron chi connectivity index (χ4n) is 2.13. The highest BCUT2D eigenvalue weighted by atomic mass is 35.5. The van der Waals surface area contributed by atoms with Crippen LogP contribution in [-0.2, 0) is 20.9 Å². The summed E-state index contributed by atoms with van der Waals surface area (Å²) in [5, 5.41) is 3.15. The number of esters is 1. The summed E-state index contributed by atoms with van der Waals surface area (Å²) in [5.74, 6) is -0.845. The molecule has 0 saturated carbocycles. The fourth-order valence-corrected chi connectivity index (χ4v) is 2.64. The van der Waals surface area contributed by atoms with Crippen molar-refractivity contribution in [3.8, 4) is 0 Å². The lowest BCUT2D eigenvalue weighted by Gasteiger charge is -2.14. The number of nitrogens with two attached hydrogens (primary N) is 1. The van der Waals surface area contributed by atoms with E-state index < -0.39 is 12.0 Å². The molecule has 1 aromatic rings. The second kappa shape index (κ2) is 8.53. The number of aromatic nitrogens is 1. The van der Waals surface area contributed by atoms with E-state index in [1.165, 1.54) is 0 Å². The molecule has 2 atom stereocenters. The van der Waals surface area contributed by atoms with Gasteiger partial charge in [0.2, 0.25) is 5.91 Å². The van der Waals surface area contributed by atoms with Crippen molar-refractivity contribution in [2.45, 2.75) is 25.5 Å². The van der Waals surface area contributed by atoms with Crippen LogP contribution in [0.15, 0.2) is 12.1 Å². The van der Waals surface area contributed by atoms with Gasteiger partial charge in [-0.05, 0) is 30.5 Å². The Balaban J connectivity index is 0.00000242. The average Bonchev–Trinajstić information content (AvgIpc) is 2.80. The molecule has 0 unspecified atom stereocenters. The summed E-state index contributed by atoms with van der Waals surface area (Å²) in [7, 11) is 0. The molecule has 0 radical (unpaired) electrons. The van der Waals surface area contributed by atoms with E-state index in [1.54, 1.807) is 12.1 Å². The van der Waals surface area contributed by atoms with Gasteiger partial charge in [-0.2, -0.15) is 0 Å². The largest absolute Gasteiger partial charge is 0.460 e. The molecule has 6 nitrogen and oxygen atoms in total. The summed E-state index contributed by atoms with van der Waals surface area (Å²) < 4.78 is 5.10. The number of rotatable bonds is 5. The maximum absolute atomic E-state index is 11.8. The average molecular weight is 369 g/mol. The van der Waals surface area contributed by atoms with Crippen LogP contribution < -0.4 is 11.1 Å². The predicted molar refractivity (Wildman–Crippen MR) is 85.0 cm³/mol. The third-order valence-electron chi connectivity index (χ3n) is 3.21. The predicted octanol–water partition coefficient (Wildman–Crippen LogP) is 1.71. The molecule has 22 heavy (non-hydrogen) atoms. The monoisotopic (exact) mass is 367 g/mol.